The summed E-state index contributed by atoms with van der Waals surface area (Å²) in [5.41, 5.74) is 1.71. The number of halogens is 1. The fraction of sp³-hybridized carbons (Fsp3) is 0.154. The van der Waals surface area contributed by atoms with E-state index in [-0.39, 0.29) is 0 Å². The lowest BCUT2D eigenvalue weighted by Gasteiger charge is -2.07. The van der Waals surface area contributed by atoms with E-state index in [9.17, 15) is 0 Å². The van der Waals surface area contributed by atoms with E-state index in [2.05, 4.69) is 31.1 Å². The van der Waals surface area contributed by atoms with Gasteiger partial charge < -0.3 is 4.74 Å². The van der Waals surface area contributed by atoms with E-state index in [4.69, 9.17) is 4.74 Å². The lowest BCUT2D eigenvalue weighted by molar-refractivity contribution is 0.464. The molecule has 0 saturated heterocycles. The van der Waals surface area contributed by atoms with Crippen LogP contribution >= 0.6 is 15.9 Å². The summed E-state index contributed by atoms with van der Waals surface area (Å²) in [4.78, 5) is 4.21. The maximum absolute atomic E-state index is 5.79. The molecule has 0 fully saturated rings. The molecule has 0 amide bonds. The first-order chi connectivity index (χ1) is 9.15. The lowest BCUT2D eigenvalue weighted by Crippen LogP contribution is -1.94. The number of benzene rings is 1. The summed E-state index contributed by atoms with van der Waals surface area (Å²) in [6, 6.07) is 5.77. The number of ether oxygens (including phenoxy) is 1. The summed E-state index contributed by atoms with van der Waals surface area (Å²) < 4.78 is 8.67. The Labute approximate surface area is 118 Å². The molecule has 2 heterocycles. The predicted octanol–water partition coefficient (Wildman–Crippen LogP) is 3.30. The molecule has 0 radical (unpaired) electrons. The molecule has 0 bridgehead atoms. The summed E-state index contributed by atoms with van der Waals surface area (Å²) in [6.07, 6.45) is 3.48. The number of nitrogens with zero attached hydrogens (tertiary/aromatic N) is 4. The van der Waals surface area contributed by atoms with E-state index in [1.165, 1.54) is 0 Å². The van der Waals surface area contributed by atoms with Gasteiger partial charge in [-0.25, -0.2) is 4.98 Å². The van der Waals surface area contributed by atoms with Gasteiger partial charge in [0, 0.05) is 16.9 Å². The molecule has 0 spiro atoms. The first kappa shape index (κ1) is 12.1. The van der Waals surface area contributed by atoms with Gasteiger partial charge in [0.05, 0.1) is 0 Å². The smallest absolute Gasteiger partial charge is 0.265 e. The van der Waals surface area contributed by atoms with E-state index < -0.39 is 0 Å². The van der Waals surface area contributed by atoms with Crippen molar-refractivity contribution in [2.45, 2.75) is 13.8 Å². The van der Waals surface area contributed by atoms with Gasteiger partial charge in [-0.3, -0.25) is 4.40 Å². The minimum absolute atomic E-state index is 0.449. The van der Waals surface area contributed by atoms with Gasteiger partial charge in [0.25, 0.3) is 5.88 Å². The molecule has 0 atom stereocenters. The highest BCUT2D eigenvalue weighted by Crippen LogP contribution is 2.26. The summed E-state index contributed by atoms with van der Waals surface area (Å²) in [6.45, 7) is 3.89. The van der Waals surface area contributed by atoms with Crippen molar-refractivity contribution in [3.05, 3.63) is 46.5 Å². The monoisotopic (exact) mass is 318 g/mol. The molecular weight excluding hydrogens is 308 g/mol. The van der Waals surface area contributed by atoms with Crippen molar-refractivity contribution in [3.8, 4) is 11.6 Å². The van der Waals surface area contributed by atoms with Gasteiger partial charge in [-0.15, -0.1) is 10.2 Å². The van der Waals surface area contributed by atoms with Crippen LogP contribution in [0, 0.1) is 13.8 Å². The number of aromatic nitrogens is 4. The van der Waals surface area contributed by atoms with Crippen LogP contribution in [0.2, 0.25) is 0 Å². The van der Waals surface area contributed by atoms with E-state index in [1.807, 2.05) is 42.6 Å². The Balaban J connectivity index is 2.03. The van der Waals surface area contributed by atoms with Gasteiger partial charge in [0.15, 0.2) is 0 Å². The minimum Gasteiger partial charge on any atom is -0.436 e. The minimum atomic E-state index is 0.449. The maximum atomic E-state index is 5.79. The van der Waals surface area contributed by atoms with Crippen molar-refractivity contribution in [2.75, 3.05) is 0 Å². The van der Waals surface area contributed by atoms with Crippen molar-refractivity contribution >= 4 is 21.6 Å². The Morgan fingerprint density at radius 1 is 1.21 bits per heavy atom. The molecule has 3 rings (SSSR count). The van der Waals surface area contributed by atoms with E-state index in [0.717, 1.165) is 21.6 Å². The molecule has 0 N–H and O–H groups in total. The Kier molecular flexibility index (Phi) is 2.94. The van der Waals surface area contributed by atoms with Crippen LogP contribution in [0.4, 0.5) is 0 Å². The molecular formula is C13H11BrN4O. The highest BCUT2D eigenvalue weighted by Gasteiger charge is 2.10. The molecule has 0 aliphatic rings. The molecule has 19 heavy (non-hydrogen) atoms. The highest BCUT2D eigenvalue weighted by molar-refractivity contribution is 9.10. The SMILES string of the molecule is Cc1cc(Oc2nccn3c(C)nnc23)ccc1Br. The molecule has 0 unspecified atom stereocenters. The van der Waals surface area contributed by atoms with Crippen LogP contribution in [0.15, 0.2) is 35.1 Å². The summed E-state index contributed by atoms with van der Waals surface area (Å²) in [5, 5.41) is 8.09. The van der Waals surface area contributed by atoms with E-state index >= 15 is 0 Å². The average molecular weight is 319 g/mol. The van der Waals surface area contributed by atoms with Crippen LogP contribution in [0.5, 0.6) is 11.6 Å². The van der Waals surface area contributed by atoms with Gasteiger partial charge in [0.2, 0.25) is 5.65 Å². The molecule has 0 aliphatic heterocycles. The number of fused-ring (bicyclic) bond motifs is 1. The molecule has 3 aromatic rings. The van der Waals surface area contributed by atoms with Crippen molar-refractivity contribution < 1.29 is 4.74 Å². The zero-order chi connectivity index (χ0) is 13.4. The summed E-state index contributed by atoms with van der Waals surface area (Å²) in [5.74, 6) is 1.97. The number of hydrogen-bond donors (Lipinski definition) is 0. The largest absolute Gasteiger partial charge is 0.436 e. The molecule has 0 saturated carbocycles. The number of hydrogen-bond acceptors (Lipinski definition) is 4. The van der Waals surface area contributed by atoms with E-state index in [0.29, 0.717) is 11.5 Å². The van der Waals surface area contributed by atoms with Crippen LogP contribution in [-0.4, -0.2) is 19.6 Å². The number of aryl methyl sites for hydroxylation is 2. The fourth-order valence-corrected chi connectivity index (χ4v) is 2.03. The van der Waals surface area contributed by atoms with Gasteiger partial charge in [0.1, 0.15) is 11.6 Å². The summed E-state index contributed by atoms with van der Waals surface area (Å²) >= 11 is 3.46. The van der Waals surface area contributed by atoms with Crippen LogP contribution in [0.3, 0.4) is 0 Å². The lowest BCUT2D eigenvalue weighted by atomic mass is 10.2. The Morgan fingerprint density at radius 3 is 2.84 bits per heavy atom. The van der Waals surface area contributed by atoms with Crippen LogP contribution in [0.1, 0.15) is 11.4 Å². The molecule has 5 nitrogen and oxygen atoms in total. The fourth-order valence-electron chi connectivity index (χ4n) is 1.78. The Hall–Kier alpha value is -1.95. The third kappa shape index (κ3) is 2.19. The first-order valence-corrected chi connectivity index (χ1v) is 6.55. The van der Waals surface area contributed by atoms with Crippen LogP contribution < -0.4 is 4.74 Å². The van der Waals surface area contributed by atoms with Crippen molar-refractivity contribution in [3.63, 3.8) is 0 Å². The third-order valence-electron chi connectivity index (χ3n) is 2.81. The zero-order valence-corrected chi connectivity index (χ0v) is 12.0. The predicted molar refractivity (Wildman–Crippen MR) is 74.5 cm³/mol. The van der Waals surface area contributed by atoms with Gasteiger partial charge >= 0.3 is 0 Å². The topological polar surface area (TPSA) is 52.3 Å². The molecule has 6 heteroatoms. The van der Waals surface area contributed by atoms with Crippen molar-refractivity contribution in [1.82, 2.24) is 19.6 Å². The number of rotatable bonds is 2. The molecule has 0 aliphatic carbocycles. The van der Waals surface area contributed by atoms with Crippen LogP contribution in [0.25, 0.3) is 5.65 Å². The van der Waals surface area contributed by atoms with E-state index in [1.54, 1.807) is 6.20 Å². The zero-order valence-electron chi connectivity index (χ0n) is 10.5. The molecule has 1 aromatic carbocycles. The average Bonchev–Trinajstić information content (AvgIpc) is 2.77. The van der Waals surface area contributed by atoms with Gasteiger partial charge in [-0.05, 0) is 37.6 Å². The first-order valence-electron chi connectivity index (χ1n) is 5.75. The van der Waals surface area contributed by atoms with Crippen LogP contribution in [-0.2, 0) is 0 Å². The molecule has 2 aromatic heterocycles. The van der Waals surface area contributed by atoms with Gasteiger partial charge in [-0.2, -0.15) is 0 Å². The molecule has 96 valence electrons. The quantitative estimate of drug-likeness (QED) is 0.727. The van der Waals surface area contributed by atoms with Gasteiger partial charge in [-0.1, -0.05) is 15.9 Å². The summed E-state index contributed by atoms with van der Waals surface area (Å²) in [7, 11) is 0. The third-order valence-corrected chi connectivity index (χ3v) is 3.70. The Morgan fingerprint density at radius 2 is 2.05 bits per heavy atom. The van der Waals surface area contributed by atoms with Crippen molar-refractivity contribution in [2.24, 2.45) is 0 Å². The second-order valence-electron chi connectivity index (χ2n) is 4.19. The highest BCUT2D eigenvalue weighted by atomic mass is 79.9. The standard InChI is InChI=1S/C13H11BrN4O/c1-8-7-10(3-4-11(8)14)19-13-12-17-16-9(2)18(12)6-5-15-13/h3-7H,1-2H3. The Bertz CT molecular complexity index is 753. The van der Waals surface area contributed by atoms with Crippen molar-refractivity contribution in [1.29, 1.82) is 0 Å². The normalized spacial score (nSPS) is 10.9. The maximum Gasteiger partial charge on any atom is 0.265 e. The second kappa shape index (κ2) is 4.62. The second-order valence-corrected chi connectivity index (χ2v) is 5.04.